The molecule has 4 rings (SSSR count). The molecule has 0 saturated carbocycles. The summed E-state index contributed by atoms with van der Waals surface area (Å²) in [5.41, 5.74) is 8.67. The summed E-state index contributed by atoms with van der Waals surface area (Å²) in [7, 11) is 0. The molecule has 0 aliphatic heterocycles. The number of rotatable bonds is 5. The van der Waals surface area contributed by atoms with E-state index in [1.54, 1.807) is 23.9 Å². The van der Waals surface area contributed by atoms with Crippen molar-refractivity contribution in [3.63, 3.8) is 0 Å². The Morgan fingerprint density at radius 2 is 1.93 bits per heavy atom. The third kappa shape index (κ3) is 3.30. The fourth-order valence-electron chi connectivity index (χ4n) is 3.28. The SMILES string of the molecule is Cc1[nH]nc(C(N)=O)c1NC(=O)c1cc(-c2ccccc2)nc2c1cnn2C(C)C. The first-order valence-corrected chi connectivity index (χ1v) is 9.46. The largest absolute Gasteiger partial charge is 0.364 e. The summed E-state index contributed by atoms with van der Waals surface area (Å²) in [5.74, 6) is -1.14. The van der Waals surface area contributed by atoms with Crippen LogP contribution in [0.5, 0.6) is 0 Å². The van der Waals surface area contributed by atoms with Crippen LogP contribution in [0.15, 0.2) is 42.6 Å². The van der Waals surface area contributed by atoms with E-state index in [0.717, 1.165) is 5.56 Å². The number of nitrogens with two attached hydrogens (primary N) is 1. The number of aromatic amines is 1. The Bertz CT molecular complexity index is 1260. The topological polar surface area (TPSA) is 132 Å². The van der Waals surface area contributed by atoms with Crippen LogP contribution in [0.25, 0.3) is 22.3 Å². The Morgan fingerprint density at radius 3 is 2.60 bits per heavy atom. The van der Waals surface area contributed by atoms with Gasteiger partial charge in [0.1, 0.15) is 0 Å². The summed E-state index contributed by atoms with van der Waals surface area (Å²) < 4.78 is 1.77. The van der Waals surface area contributed by atoms with Gasteiger partial charge in [0.25, 0.3) is 11.8 Å². The molecule has 4 aromatic rings. The molecule has 0 aliphatic carbocycles. The van der Waals surface area contributed by atoms with Crippen molar-refractivity contribution in [2.24, 2.45) is 5.73 Å². The van der Waals surface area contributed by atoms with Crippen LogP contribution in [-0.4, -0.2) is 36.8 Å². The highest BCUT2D eigenvalue weighted by molar-refractivity contribution is 6.14. The van der Waals surface area contributed by atoms with Gasteiger partial charge in [0, 0.05) is 11.6 Å². The summed E-state index contributed by atoms with van der Waals surface area (Å²) in [5, 5.41) is 14.3. The molecule has 1 aromatic carbocycles. The Kier molecular flexibility index (Phi) is 4.78. The summed E-state index contributed by atoms with van der Waals surface area (Å²) >= 11 is 0. The highest BCUT2D eigenvalue weighted by Crippen LogP contribution is 2.27. The normalized spacial score (nSPS) is 11.2. The van der Waals surface area contributed by atoms with E-state index >= 15 is 0 Å². The molecule has 9 nitrogen and oxygen atoms in total. The van der Waals surface area contributed by atoms with Crippen molar-refractivity contribution in [1.82, 2.24) is 25.0 Å². The quantitative estimate of drug-likeness (QED) is 0.471. The minimum atomic E-state index is -0.730. The van der Waals surface area contributed by atoms with Gasteiger partial charge >= 0.3 is 0 Å². The number of primary amides is 1. The first-order chi connectivity index (χ1) is 14.4. The summed E-state index contributed by atoms with van der Waals surface area (Å²) in [6.45, 7) is 5.69. The molecule has 9 heteroatoms. The molecule has 0 fully saturated rings. The van der Waals surface area contributed by atoms with Crippen LogP contribution in [0, 0.1) is 6.92 Å². The molecule has 0 unspecified atom stereocenters. The number of fused-ring (bicyclic) bond motifs is 1. The number of benzene rings is 1. The maximum absolute atomic E-state index is 13.2. The van der Waals surface area contributed by atoms with Gasteiger partial charge in [-0.05, 0) is 26.8 Å². The van der Waals surface area contributed by atoms with E-state index in [4.69, 9.17) is 10.7 Å². The van der Waals surface area contributed by atoms with Crippen LogP contribution in [0.1, 0.15) is 46.4 Å². The van der Waals surface area contributed by atoms with Crippen LogP contribution < -0.4 is 11.1 Å². The molecular weight excluding hydrogens is 382 g/mol. The third-order valence-corrected chi connectivity index (χ3v) is 4.79. The van der Waals surface area contributed by atoms with Crippen LogP contribution in [0.4, 0.5) is 5.69 Å². The van der Waals surface area contributed by atoms with Gasteiger partial charge in [0.05, 0.1) is 34.2 Å². The van der Waals surface area contributed by atoms with E-state index in [1.165, 1.54) is 0 Å². The number of aryl methyl sites for hydroxylation is 1. The van der Waals surface area contributed by atoms with Crippen LogP contribution >= 0.6 is 0 Å². The van der Waals surface area contributed by atoms with E-state index < -0.39 is 11.8 Å². The minimum absolute atomic E-state index is 0.0210. The van der Waals surface area contributed by atoms with Gasteiger partial charge in [-0.3, -0.25) is 14.7 Å². The third-order valence-electron chi connectivity index (χ3n) is 4.79. The summed E-state index contributed by atoms with van der Waals surface area (Å²) in [6, 6.07) is 11.4. The van der Waals surface area contributed by atoms with Crippen molar-refractivity contribution in [2.45, 2.75) is 26.8 Å². The fraction of sp³-hybridized carbons (Fsp3) is 0.190. The van der Waals surface area contributed by atoms with Gasteiger partial charge < -0.3 is 11.1 Å². The molecule has 3 heterocycles. The maximum Gasteiger partial charge on any atom is 0.271 e. The number of nitrogens with zero attached hydrogens (tertiary/aromatic N) is 4. The number of aromatic nitrogens is 5. The van der Waals surface area contributed by atoms with Crippen LogP contribution in [0.2, 0.25) is 0 Å². The second-order valence-corrected chi connectivity index (χ2v) is 7.23. The zero-order valence-corrected chi connectivity index (χ0v) is 16.8. The van der Waals surface area contributed by atoms with Gasteiger partial charge in [-0.1, -0.05) is 30.3 Å². The Balaban J connectivity index is 1.86. The maximum atomic E-state index is 13.2. The number of amides is 2. The van der Waals surface area contributed by atoms with Crippen molar-refractivity contribution in [1.29, 1.82) is 0 Å². The van der Waals surface area contributed by atoms with Crippen molar-refractivity contribution in [2.75, 3.05) is 5.32 Å². The molecule has 0 atom stereocenters. The van der Waals surface area contributed by atoms with Gasteiger partial charge in [0.2, 0.25) is 0 Å². The molecule has 4 N–H and O–H groups in total. The lowest BCUT2D eigenvalue weighted by molar-refractivity contribution is 0.0996. The van der Waals surface area contributed by atoms with Crippen molar-refractivity contribution in [3.8, 4) is 11.3 Å². The standard InChI is InChI=1S/C21H21N7O2/c1-11(2)28-20-15(10-23-28)14(9-16(24-20)13-7-5-4-6-8-13)21(30)25-17-12(3)26-27-18(17)19(22)29/h4-11H,1-3H3,(H2,22,29)(H,25,30)(H,26,27). The molecule has 152 valence electrons. The van der Waals surface area contributed by atoms with Gasteiger partial charge in [0.15, 0.2) is 11.3 Å². The lowest BCUT2D eigenvalue weighted by Gasteiger charge is -2.11. The molecule has 30 heavy (non-hydrogen) atoms. The lowest BCUT2D eigenvalue weighted by Crippen LogP contribution is -2.18. The van der Waals surface area contributed by atoms with Crippen LogP contribution in [0.3, 0.4) is 0 Å². The van der Waals surface area contributed by atoms with Gasteiger partial charge in [-0.25, -0.2) is 9.67 Å². The van der Waals surface area contributed by atoms with Crippen LogP contribution in [-0.2, 0) is 0 Å². The zero-order valence-electron chi connectivity index (χ0n) is 16.8. The lowest BCUT2D eigenvalue weighted by atomic mass is 10.1. The average Bonchev–Trinajstić information content (AvgIpc) is 3.32. The van der Waals surface area contributed by atoms with E-state index in [0.29, 0.717) is 28.0 Å². The van der Waals surface area contributed by atoms with Crippen molar-refractivity contribution >= 4 is 28.5 Å². The molecule has 0 bridgehead atoms. The molecule has 0 spiro atoms. The molecular formula is C21H21N7O2. The monoisotopic (exact) mass is 403 g/mol. The second-order valence-electron chi connectivity index (χ2n) is 7.23. The number of carbonyl (C=O) groups is 2. The van der Waals surface area contributed by atoms with E-state index in [9.17, 15) is 9.59 Å². The average molecular weight is 403 g/mol. The predicted octanol–water partition coefficient (Wildman–Crippen LogP) is 3.06. The first-order valence-electron chi connectivity index (χ1n) is 9.46. The summed E-state index contributed by atoms with van der Waals surface area (Å²) in [4.78, 5) is 29.7. The molecule has 3 aromatic heterocycles. The number of pyridine rings is 1. The summed E-state index contributed by atoms with van der Waals surface area (Å²) in [6.07, 6.45) is 1.63. The predicted molar refractivity (Wildman–Crippen MR) is 113 cm³/mol. The van der Waals surface area contributed by atoms with Gasteiger partial charge in [-0.15, -0.1) is 0 Å². The highest BCUT2D eigenvalue weighted by atomic mass is 16.2. The molecule has 0 radical (unpaired) electrons. The number of anilines is 1. The zero-order chi connectivity index (χ0) is 21.4. The second kappa shape index (κ2) is 7.43. The fourth-order valence-corrected chi connectivity index (χ4v) is 3.28. The molecule has 0 saturated heterocycles. The smallest absolute Gasteiger partial charge is 0.271 e. The first kappa shape index (κ1) is 19.3. The Hall–Kier alpha value is -4.01. The van der Waals surface area contributed by atoms with E-state index in [-0.39, 0.29) is 17.4 Å². The van der Waals surface area contributed by atoms with Crippen molar-refractivity contribution < 1.29 is 9.59 Å². The Labute approximate surface area is 172 Å². The number of H-pyrrole nitrogens is 1. The minimum Gasteiger partial charge on any atom is -0.364 e. The van der Waals surface area contributed by atoms with Gasteiger partial charge in [-0.2, -0.15) is 10.2 Å². The number of nitrogens with one attached hydrogen (secondary N) is 2. The molecule has 0 aliphatic rings. The number of hydrogen-bond acceptors (Lipinski definition) is 5. The number of hydrogen-bond donors (Lipinski definition) is 3. The van der Waals surface area contributed by atoms with Crippen molar-refractivity contribution in [3.05, 3.63) is 59.5 Å². The van der Waals surface area contributed by atoms with E-state index in [2.05, 4.69) is 20.6 Å². The highest BCUT2D eigenvalue weighted by Gasteiger charge is 2.22. The Morgan fingerprint density at radius 1 is 1.20 bits per heavy atom. The van der Waals surface area contributed by atoms with E-state index in [1.807, 2.05) is 44.2 Å². The molecule has 2 amide bonds. The number of carbonyl (C=O) groups excluding carboxylic acids is 2.